The van der Waals surface area contributed by atoms with Gasteiger partial charge in [0.05, 0.1) is 21.8 Å². The molecule has 1 amide bonds. The Morgan fingerprint density at radius 3 is 2.77 bits per heavy atom. The molecule has 7 nitrogen and oxygen atoms in total. The molecule has 1 aromatic heterocycles. The molecule has 1 saturated heterocycles. The van der Waals surface area contributed by atoms with Gasteiger partial charge in [0.1, 0.15) is 0 Å². The Balaban J connectivity index is 1.67. The third-order valence-electron chi connectivity index (χ3n) is 4.18. The highest BCUT2D eigenvalue weighted by Gasteiger charge is 2.30. The first-order chi connectivity index (χ1) is 12.3. The fourth-order valence-electron chi connectivity index (χ4n) is 2.73. The third-order valence-corrected chi connectivity index (χ3v) is 7.41. The smallest absolute Gasteiger partial charge is 0.233 e. The molecular formula is C16H19ClN4O3S2. The molecule has 0 bridgehead atoms. The Morgan fingerprint density at radius 1 is 1.38 bits per heavy atom. The Bertz CT molecular complexity index is 929. The second kappa shape index (κ2) is 7.58. The molecule has 10 heteroatoms. The highest BCUT2D eigenvalue weighted by molar-refractivity contribution is 8.00. The topological polar surface area (TPSA) is 93.9 Å². The molecule has 2 aromatic rings. The summed E-state index contributed by atoms with van der Waals surface area (Å²) < 4.78 is 24.8. The van der Waals surface area contributed by atoms with E-state index in [-0.39, 0.29) is 23.5 Å². The van der Waals surface area contributed by atoms with Crippen LogP contribution in [0.5, 0.6) is 0 Å². The Kier molecular flexibility index (Phi) is 5.59. The molecule has 1 aromatic carbocycles. The third kappa shape index (κ3) is 4.21. The summed E-state index contributed by atoms with van der Waals surface area (Å²) in [6.45, 7) is 1.76. The van der Waals surface area contributed by atoms with Crippen molar-refractivity contribution in [3.63, 3.8) is 0 Å². The number of sulfone groups is 1. The highest BCUT2D eigenvalue weighted by Crippen LogP contribution is 2.29. The van der Waals surface area contributed by atoms with Crippen molar-refractivity contribution >= 4 is 39.1 Å². The molecule has 140 valence electrons. The van der Waals surface area contributed by atoms with Crippen LogP contribution in [0.2, 0.25) is 5.02 Å². The van der Waals surface area contributed by atoms with Crippen LogP contribution in [0.3, 0.4) is 0 Å². The minimum absolute atomic E-state index is 0.0107. The number of halogens is 1. The first kappa shape index (κ1) is 19.2. The van der Waals surface area contributed by atoms with Crippen molar-refractivity contribution in [1.29, 1.82) is 0 Å². The van der Waals surface area contributed by atoms with Crippen molar-refractivity contribution in [3.05, 3.63) is 29.3 Å². The summed E-state index contributed by atoms with van der Waals surface area (Å²) in [5.41, 5.74) is 0.768. The average Bonchev–Trinajstić information content (AvgIpc) is 3.10. The number of benzene rings is 1. The molecule has 3 rings (SSSR count). The zero-order chi connectivity index (χ0) is 18.9. The molecule has 0 aliphatic carbocycles. The number of thioether (sulfide) groups is 1. The van der Waals surface area contributed by atoms with Crippen LogP contribution in [-0.2, 0) is 21.7 Å². The van der Waals surface area contributed by atoms with Gasteiger partial charge >= 0.3 is 0 Å². The number of rotatable bonds is 5. The van der Waals surface area contributed by atoms with Crippen LogP contribution < -0.4 is 5.32 Å². The van der Waals surface area contributed by atoms with Gasteiger partial charge in [-0.05, 0) is 25.5 Å². The Hall–Kier alpha value is -1.58. The fourth-order valence-corrected chi connectivity index (χ4v) is 5.45. The molecule has 2 atom stereocenters. The number of hydrogen-bond acceptors (Lipinski definition) is 6. The van der Waals surface area contributed by atoms with Crippen LogP contribution in [0.1, 0.15) is 13.3 Å². The predicted octanol–water partition coefficient (Wildman–Crippen LogP) is 1.92. The van der Waals surface area contributed by atoms with E-state index in [0.29, 0.717) is 22.4 Å². The summed E-state index contributed by atoms with van der Waals surface area (Å²) in [5.74, 6) is 0.549. The normalized spacial score (nSPS) is 20.0. The zero-order valence-electron chi connectivity index (χ0n) is 14.3. The maximum atomic E-state index is 12.4. The van der Waals surface area contributed by atoms with Gasteiger partial charge in [-0.1, -0.05) is 35.5 Å². The quantitative estimate of drug-likeness (QED) is 0.751. The summed E-state index contributed by atoms with van der Waals surface area (Å²) in [7, 11) is -1.21. The summed E-state index contributed by atoms with van der Waals surface area (Å²) in [6, 6.07) is 7.04. The minimum Gasteiger partial charge on any atom is -0.351 e. The average molecular weight is 415 g/mol. The number of nitrogens with one attached hydrogen (secondary N) is 1. The SMILES string of the molecule is C[C@H](Sc1nnc(-c2ccccc2Cl)n1C)C(=O)N[C@@H]1CCS(=O)(=O)C1. The van der Waals surface area contributed by atoms with E-state index in [1.165, 1.54) is 11.8 Å². The van der Waals surface area contributed by atoms with Crippen LogP contribution >= 0.6 is 23.4 Å². The van der Waals surface area contributed by atoms with Crippen molar-refractivity contribution in [2.24, 2.45) is 7.05 Å². The van der Waals surface area contributed by atoms with Crippen molar-refractivity contribution in [1.82, 2.24) is 20.1 Å². The lowest BCUT2D eigenvalue weighted by atomic mass is 10.2. The lowest BCUT2D eigenvalue weighted by molar-refractivity contribution is -0.120. The van der Waals surface area contributed by atoms with Gasteiger partial charge in [0.15, 0.2) is 20.8 Å². The second-order valence-electron chi connectivity index (χ2n) is 6.21. The van der Waals surface area contributed by atoms with Crippen LogP contribution in [0, 0.1) is 0 Å². The monoisotopic (exact) mass is 414 g/mol. The Morgan fingerprint density at radius 2 is 2.12 bits per heavy atom. The van der Waals surface area contributed by atoms with E-state index in [1.807, 2.05) is 25.2 Å². The largest absolute Gasteiger partial charge is 0.351 e. The molecule has 1 fully saturated rings. The second-order valence-corrected chi connectivity index (χ2v) is 10.2. The molecule has 1 aliphatic heterocycles. The number of amides is 1. The van der Waals surface area contributed by atoms with Gasteiger partial charge < -0.3 is 9.88 Å². The van der Waals surface area contributed by atoms with Crippen LogP contribution in [-0.4, -0.2) is 51.9 Å². The molecule has 1 aliphatic rings. The molecule has 1 N–H and O–H groups in total. The number of hydrogen-bond donors (Lipinski definition) is 1. The van der Waals surface area contributed by atoms with Gasteiger partial charge in [0, 0.05) is 18.7 Å². The first-order valence-electron chi connectivity index (χ1n) is 8.08. The molecular weight excluding hydrogens is 396 g/mol. The first-order valence-corrected chi connectivity index (χ1v) is 11.2. The highest BCUT2D eigenvalue weighted by atomic mass is 35.5. The molecule has 26 heavy (non-hydrogen) atoms. The van der Waals surface area contributed by atoms with E-state index in [0.717, 1.165) is 5.56 Å². The summed E-state index contributed by atoms with van der Waals surface area (Å²) in [6.07, 6.45) is 0.464. The van der Waals surface area contributed by atoms with Crippen LogP contribution in [0.4, 0.5) is 0 Å². The van der Waals surface area contributed by atoms with Crippen molar-refractivity contribution in [2.75, 3.05) is 11.5 Å². The van der Waals surface area contributed by atoms with Crippen molar-refractivity contribution in [2.45, 2.75) is 29.8 Å². The summed E-state index contributed by atoms with van der Waals surface area (Å²) in [5, 5.41) is 11.9. The van der Waals surface area contributed by atoms with E-state index in [4.69, 9.17) is 11.6 Å². The van der Waals surface area contributed by atoms with Crippen molar-refractivity contribution in [3.8, 4) is 11.4 Å². The van der Waals surface area contributed by atoms with Gasteiger partial charge in [-0.15, -0.1) is 10.2 Å². The molecule has 0 radical (unpaired) electrons. The van der Waals surface area contributed by atoms with Crippen molar-refractivity contribution < 1.29 is 13.2 Å². The van der Waals surface area contributed by atoms with E-state index < -0.39 is 15.1 Å². The summed E-state index contributed by atoms with van der Waals surface area (Å²) in [4.78, 5) is 12.4. The molecule has 2 heterocycles. The molecule has 0 saturated carbocycles. The van der Waals surface area contributed by atoms with Gasteiger partial charge in [-0.3, -0.25) is 4.79 Å². The summed E-state index contributed by atoms with van der Waals surface area (Å²) >= 11 is 7.48. The zero-order valence-corrected chi connectivity index (χ0v) is 16.7. The lowest BCUT2D eigenvalue weighted by Crippen LogP contribution is -2.40. The maximum absolute atomic E-state index is 12.4. The van der Waals surface area contributed by atoms with E-state index >= 15 is 0 Å². The maximum Gasteiger partial charge on any atom is 0.233 e. The van der Waals surface area contributed by atoms with E-state index in [1.54, 1.807) is 17.6 Å². The number of carbonyl (C=O) groups excluding carboxylic acids is 1. The number of nitrogens with zero attached hydrogens (tertiary/aromatic N) is 3. The lowest BCUT2D eigenvalue weighted by Gasteiger charge is -2.15. The Labute approximate surface area is 161 Å². The molecule has 0 unspecified atom stereocenters. The van der Waals surface area contributed by atoms with Gasteiger partial charge in [0.25, 0.3) is 0 Å². The van der Waals surface area contributed by atoms with Gasteiger partial charge in [-0.25, -0.2) is 8.42 Å². The number of aromatic nitrogens is 3. The van der Waals surface area contributed by atoms with Gasteiger partial charge in [0.2, 0.25) is 5.91 Å². The minimum atomic E-state index is -3.02. The predicted molar refractivity (Wildman–Crippen MR) is 102 cm³/mol. The number of carbonyl (C=O) groups is 1. The molecule has 0 spiro atoms. The van der Waals surface area contributed by atoms with Crippen LogP contribution in [0.15, 0.2) is 29.4 Å². The van der Waals surface area contributed by atoms with E-state index in [9.17, 15) is 13.2 Å². The fraction of sp³-hybridized carbons (Fsp3) is 0.438. The standard InChI is InChI=1S/C16H19ClN4O3S2/c1-10(15(22)18-11-7-8-26(23,24)9-11)25-16-20-19-14(21(16)2)12-5-3-4-6-13(12)17/h3-6,10-11H,7-9H2,1-2H3,(H,18,22)/t10-,11+/m0/s1. The van der Waals surface area contributed by atoms with Gasteiger partial charge in [-0.2, -0.15) is 0 Å². The van der Waals surface area contributed by atoms with E-state index in [2.05, 4.69) is 15.5 Å². The van der Waals surface area contributed by atoms with Crippen LogP contribution in [0.25, 0.3) is 11.4 Å².